The quantitative estimate of drug-likeness (QED) is 0.382. The van der Waals surface area contributed by atoms with E-state index in [1.165, 1.54) is 0 Å². The molecule has 1 atom stereocenters. The monoisotopic (exact) mass is 140 g/mol. The van der Waals surface area contributed by atoms with Crippen LogP contribution in [0.5, 0.6) is 0 Å². The van der Waals surface area contributed by atoms with Crippen LogP contribution in [-0.4, -0.2) is 18.6 Å². The van der Waals surface area contributed by atoms with Gasteiger partial charge < -0.3 is 21.4 Å². The Kier molecular flexibility index (Phi) is 8.75. The van der Waals surface area contributed by atoms with Crippen LogP contribution in [0.2, 0.25) is 0 Å². The Morgan fingerprint density at radius 1 is 1.67 bits per heavy atom. The summed E-state index contributed by atoms with van der Waals surface area (Å²) in [5.74, 6) is -1.15. The van der Waals surface area contributed by atoms with Gasteiger partial charge in [-0.15, -0.1) is 0 Å². The molecule has 0 saturated carbocycles. The van der Waals surface area contributed by atoms with Crippen molar-refractivity contribution in [1.29, 1.82) is 0 Å². The predicted octanol–water partition coefficient (Wildman–Crippen LogP) is -5.58. The molecule has 0 fully saturated rings. The molecule has 4 N–H and O–H groups in total. The van der Waals surface area contributed by atoms with Gasteiger partial charge in [-0.3, -0.25) is 0 Å². The number of rotatable bonds is 3. The van der Waals surface area contributed by atoms with Crippen LogP contribution in [-0.2, 0) is 4.79 Å². The second-order valence-electron chi connectivity index (χ2n) is 1.57. The van der Waals surface area contributed by atoms with Crippen LogP contribution in [0.4, 0.5) is 0 Å². The van der Waals surface area contributed by atoms with Gasteiger partial charge in [0.25, 0.3) is 0 Å². The minimum atomic E-state index is -1.15. The average Bonchev–Trinajstić information content (AvgIpc) is 1.65. The van der Waals surface area contributed by atoms with Gasteiger partial charge in [0, 0.05) is 25.0 Å². The molecule has 0 aliphatic rings. The van der Waals surface area contributed by atoms with Crippen LogP contribution >= 0.6 is 0 Å². The Morgan fingerprint density at radius 3 is 2.22 bits per heavy atom. The Hall–Kier alpha value is 0.390. The van der Waals surface area contributed by atoms with Crippen molar-refractivity contribution in [3.8, 4) is 0 Å². The Morgan fingerprint density at radius 2 is 2.11 bits per heavy atom. The molecule has 0 amide bonds. The molecule has 5 heteroatoms. The van der Waals surface area contributed by atoms with E-state index in [0.717, 1.165) is 0 Å². The van der Waals surface area contributed by atoms with Crippen LogP contribution in [0.1, 0.15) is 6.42 Å². The smallest absolute Gasteiger partial charge is 0.550 e. The number of carboxylic acid groups (broad SMARTS) is 1. The van der Waals surface area contributed by atoms with Gasteiger partial charge in [0.15, 0.2) is 0 Å². The molecule has 0 spiro atoms. The van der Waals surface area contributed by atoms with Crippen molar-refractivity contribution < 1.29 is 39.5 Å². The van der Waals surface area contributed by atoms with E-state index in [2.05, 4.69) is 0 Å². The zero-order valence-electron chi connectivity index (χ0n) is 5.46. The minimum Gasteiger partial charge on any atom is -0.550 e. The van der Waals surface area contributed by atoms with Crippen molar-refractivity contribution in [2.45, 2.75) is 12.5 Å². The third kappa shape index (κ3) is 8.39. The number of nitrogens with two attached hydrogens (primary N) is 2. The van der Waals surface area contributed by atoms with E-state index in [0.29, 0.717) is 0 Å². The number of carboxylic acids is 1. The second kappa shape index (κ2) is 6.51. The van der Waals surface area contributed by atoms with E-state index in [-0.39, 0.29) is 42.5 Å². The van der Waals surface area contributed by atoms with Crippen molar-refractivity contribution in [3.63, 3.8) is 0 Å². The Labute approximate surface area is 75.9 Å². The summed E-state index contributed by atoms with van der Waals surface area (Å²) in [6, 6.07) is -0.458. The fourth-order valence-electron chi connectivity index (χ4n) is 0.297. The molecular weight excluding hydrogens is 131 g/mol. The molecule has 1 unspecified atom stereocenters. The third-order valence-corrected chi connectivity index (χ3v) is 0.732. The molecule has 0 rings (SSSR count). The maximum Gasteiger partial charge on any atom is 1.00 e. The average molecular weight is 140 g/mol. The van der Waals surface area contributed by atoms with Gasteiger partial charge in [-0.05, 0) is 0 Å². The van der Waals surface area contributed by atoms with Gasteiger partial charge in [-0.2, -0.15) is 0 Å². The van der Waals surface area contributed by atoms with Crippen LogP contribution in [0.25, 0.3) is 0 Å². The van der Waals surface area contributed by atoms with Crippen molar-refractivity contribution in [2.75, 3.05) is 6.54 Å². The molecule has 4 nitrogen and oxygen atoms in total. The van der Waals surface area contributed by atoms with E-state index in [9.17, 15) is 9.90 Å². The summed E-state index contributed by atoms with van der Waals surface area (Å²) in [6.07, 6.45) is -0.156. The van der Waals surface area contributed by atoms with Crippen molar-refractivity contribution in [2.24, 2.45) is 11.5 Å². The summed E-state index contributed by atoms with van der Waals surface area (Å²) in [5, 5.41) is 9.72. The standard InChI is InChI=1S/C4H10N2O2.Na/c5-2-3(6)1-4(7)8;/h3H,1-2,5-6H2,(H,7,8);/q;+1/p-1. The van der Waals surface area contributed by atoms with Gasteiger partial charge >= 0.3 is 29.6 Å². The number of hydrogen-bond acceptors (Lipinski definition) is 4. The van der Waals surface area contributed by atoms with Gasteiger partial charge in [-0.25, -0.2) is 0 Å². The number of aliphatic carboxylic acids is 1. The first kappa shape index (κ1) is 12.1. The van der Waals surface area contributed by atoms with E-state index >= 15 is 0 Å². The normalized spacial score (nSPS) is 11.8. The second-order valence-corrected chi connectivity index (χ2v) is 1.57. The molecule has 0 saturated heterocycles. The molecule has 48 valence electrons. The van der Waals surface area contributed by atoms with Crippen LogP contribution in [0.15, 0.2) is 0 Å². The van der Waals surface area contributed by atoms with Gasteiger partial charge in [0.1, 0.15) is 0 Å². The first-order valence-corrected chi connectivity index (χ1v) is 2.32. The van der Waals surface area contributed by atoms with E-state index in [4.69, 9.17) is 11.5 Å². The summed E-state index contributed by atoms with van der Waals surface area (Å²) in [5.41, 5.74) is 10.1. The van der Waals surface area contributed by atoms with E-state index in [1.807, 2.05) is 0 Å². The molecule has 0 aromatic rings. The topological polar surface area (TPSA) is 92.2 Å². The van der Waals surface area contributed by atoms with Gasteiger partial charge in [0.2, 0.25) is 0 Å². The zero-order valence-corrected chi connectivity index (χ0v) is 7.46. The van der Waals surface area contributed by atoms with Crippen molar-refractivity contribution in [1.82, 2.24) is 0 Å². The summed E-state index contributed by atoms with van der Waals surface area (Å²) in [4.78, 5) is 9.72. The number of hydrogen-bond donors (Lipinski definition) is 2. The minimum absolute atomic E-state index is 0. The molecule has 0 aromatic heterocycles. The maximum atomic E-state index is 9.72. The Balaban J connectivity index is 0. The van der Waals surface area contributed by atoms with Crippen molar-refractivity contribution in [3.05, 3.63) is 0 Å². The molecule has 0 aliphatic carbocycles. The fourth-order valence-corrected chi connectivity index (χ4v) is 0.297. The largest absolute Gasteiger partial charge is 1.00 e. The van der Waals surface area contributed by atoms with Gasteiger partial charge in [0.05, 0.1) is 0 Å². The molecule has 0 aromatic carbocycles. The molecule has 0 radical (unpaired) electrons. The zero-order chi connectivity index (χ0) is 6.57. The molecule has 0 heterocycles. The van der Waals surface area contributed by atoms with Gasteiger partial charge in [-0.1, -0.05) is 0 Å². The number of carbonyl (C=O) groups is 1. The van der Waals surface area contributed by atoms with Crippen molar-refractivity contribution >= 4 is 5.97 Å². The molecule has 0 bridgehead atoms. The third-order valence-electron chi connectivity index (χ3n) is 0.732. The van der Waals surface area contributed by atoms with E-state index < -0.39 is 12.0 Å². The summed E-state index contributed by atoms with van der Waals surface area (Å²) >= 11 is 0. The molecule has 9 heavy (non-hydrogen) atoms. The number of carbonyl (C=O) groups excluding carboxylic acids is 1. The van der Waals surface area contributed by atoms with E-state index in [1.54, 1.807) is 0 Å². The summed E-state index contributed by atoms with van der Waals surface area (Å²) in [6.45, 7) is 0.188. The SMILES string of the molecule is NCC(N)CC(=O)[O-].[Na+]. The maximum absolute atomic E-state index is 9.72. The van der Waals surface area contributed by atoms with Crippen LogP contribution in [0.3, 0.4) is 0 Å². The Bertz CT molecular complexity index is 88.6. The first-order chi connectivity index (χ1) is 3.66. The summed E-state index contributed by atoms with van der Waals surface area (Å²) < 4.78 is 0. The van der Waals surface area contributed by atoms with Crippen LogP contribution in [0, 0.1) is 0 Å². The predicted molar refractivity (Wildman–Crippen MR) is 26.7 cm³/mol. The molecular formula is C4H9N2NaO2. The fraction of sp³-hybridized carbons (Fsp3) is 0.750. The summed E-state index contributed by atoms with van der Waals surface area (Å²) in [7, 11) is 0. The van der Waals surface area contributed by atoms with Crippen LogP contribution < -0.4 is 46.1 Å². The first-order valence-electron chi connectivity index (χ1n) is 2.32. The molecule has 0 aliphatic heterocycles.